The van der Waals surface area contributed by atoms with E-state index in [1.54, 1.807) is 0 Å². The molecule has 0 unspecified atom stereocenters. The minimum Gasteiger partial charge on any atom is -0.457 e. The molecule has 0 aliphatic carbocycles. The van der Waals surface area contributed by atoms with Gasteiger partial charge < -0.3 is 14.5 Å². The lowest BCUT2D eigenvalue weighted by atomic mass is 9.78. The molecule has 0 bridgehead atoms. The average Bonchev–Trinajstić information content (AvgIpc) is 3.81. The van der Waals surface area contributed by atoms with Gasteiger partial charge in [-0.2, -0.15) is 0 Å². The fraction of sp³-hybridized carbons (Fsp3) is 0.302. The van der Waals surface area contributed by atoms with E-state index in [0.29, 0.717) is 0 Å². The zero-order valence-corrected chi connectivity index (χ0v) is 36.2. The zero-order valence-electron chi connectivity index (χ0n) is 36.2. The van der Waals surface area contributed by atoms with Gasteiger partial charge in [-0.3, -0.25) is 4.57 Å². The molecule has 296 valence electrons. The van der Waals surface area contributed by atoms with Crippen molar-refractivity contribution in [3.63, 3.8) is 0 Å². The molecule has 3 heterocycles. The van der Waals surface area contributed by atoms with Gasteiger partial charge in [0.05, 0.1) is 17.7 Å². The van der Waals surface area contributed by atoms with Crippen molar-refractivity contribution >= 4 is 33.2 Å². The number of nitrogens with zero attached hydrogens (tertiary/aromatic N) is 4. The van der Waals surface area contributed by atoms with Crippen LogP contribution in [0.3, 0.4) is 0 Å². The van der Waals surface area contributed by atoms with E-state index in [-0.39, 0.29) is 21.7 Å². The second-order valence-corrected chi connectivity index (χ2v) is 19.6. The van der Waals surface area contributed by atoms with Crippen molar-refractivity contribution in [1.29, 1.82) is 0 Å². The molecule has 1 aliphatic rings. The standard InChI is InChI=1S/C53H58N4O/c1-50(2,3)37-20-23-47-46(31-37)45-22-21-44(34-48(45)57(47)49-32-38(24-25-54-49)53(10,11)36-16-13-12-14-17-36)58-43-19-15-18-41(33-43)55-26-27-56(35-55)42-29-39(51(4,5)6)28-40(30-42)52(7,8)9/h12-34H,35H2,1-11H3. The Morgan fingerprint density at radius 3 is 1.79 bits per heavy atom. The lowest BCUT2D eigenvalue weighted by Crippen LogP contribution is -2.26. The van der Waals surface area contributed by atoms with Crippen molar-refractivity contribution in [3.8, 4) is 17.3 Å². The van der Waals surface area contributed by atoms with Crippen molar-refractivity contribution in [2.75, 3.05) is 16.5 Å². The molecule has 0 radical (unpaired) electrons. The van der Waals surface area contributed by atoms with Gasteiger partial charge in [0, 0.05) is 58.3 Å². The molecule has 5 aromatic carbocycles. The van der Waals surface area contributed by atoms with Crippen LogP contribution in [0.2, 0.25) is 0 Å². The van der Waals surface area contributed by atoms with Gasteiger partial charge in [0.25, 0.3) is 0 Å². The SMILES string of the molecule is CC(C)(C)c1cc(N2C=CN(c3cccc(Oc4ccc5c6cc(C(C)(C)C)ccc6n(-c6cc(C(C)(C)c7ccccc7)ccn6)c5c4)c3)C2)cc(C(C)(C)C)c1. The lowest BCUT2D eigenvalue weighted by Gasteiger charge is -2.29. The number of anilines is 2. The van der Waals surface area contributed by atoms with Crippen LogP contribution in [-0.2, 0) is 21.7 Å². The normalized spacial score (nSPS) is 13.9. The Morgan fingerprint density at radius 1 is 0.466 bits per heavy atom. The first-order valence-electron chi connectivity index (χ1n) is 20.6. The maximum absolute atomic E-state index is 6.71. The largest absolute Gasteiger partial charge is 0.457 e. The molecule has 7 aromatic rings. The average molecular weight is 767 g/mol. The molecular formula is C53H58N4O. The van der Waals surface area contributed by atoms with Gasteiger partial charge in [-0.25, -0.2) is 4.98 Å². The molecule has 0 fully saturated rings. The highest BCUT2D eigenvalue weighted by molar-refractivity contribution is 6.09. The molecule has 2 aromatic heterocycles. The topological polar surface area (TPSA) is 33.5 Å². The van der Waals surface area contributed by atoms with Crippen LogP contribution in [0.25, 0.3) is 27.6 Å². The number of hydrogen-bond donors (Lipinski definition) is 0. The third-order valence-electron chi connectivity index (χ3n) is 11.9. The molecule has 0 N–H and O–H groups in total. The summed E-state index contributed by atoms with van der Waals surface area (Å²) < 4.78 is 9.01. The van der Waals surface area contributed by atoms with Crippen LogP contribution >= 0.6 is 0 Å². The van der Waals surface area contributed by atoms with E-state index in [4.69, 9.17) is 9.72 Å². The van der Waals surface area contributed by atoms with E-state index in [2.05, 4.69) is 218 Å². The highest BCUT2D eigenvalue weighted by Crippen LogP contribution is 2.40. The molecule has 0 saturated carbocycles. The van der Waals surface area contributed by atoms with Crippen molar-refractivity contribution in [3.05, 3.63) is 168 Å². The van der Waals surface area contributed by atoms with Crippen LogP contribution in [0.1, 0.15) is 104 Å². The molecular weight excluding hydrogens is 709 g/mol. The van der Waals surface area contributed by atoms with Gasteiger partial charge in [0.1, 0.15) is 17.3 Å². The van der Waals surface area contributed by atoms with E-state index in [0.717, 1.165) is 40.7 Å². The number of hydrogen-bond acceptors (Lipinski definition) is 4. The monoisotopic (exact) mass is 766 g/mol. The van der Waals surface area contributed by atoms with E-state index >= 15 is 0 Å². The first-order chi connectivity index (χ1) is 27.4. The summed E-state index contributed by atoms with van der Waals surface area (Å²) in [5, 5.41) is 2.38. The molecule has 0 saturated heterocycles. The Hall–Kier alpha value is -5.81. The number of ether oxygens (including phenoxy) is 1. The number of aromatic nitrogens is 2. The predicted molar refractivity (Wildman–Crippen MR) is 245 cm³/mol. The minimum atomic E-state index is -0.205. The summed E-state index contributed by atoms with van der Waals surface area (Å²) in [6.45, 7) is 25.8. The Kier molecular flexibility index (Phi) is 9.58. The summed E-state index contributed by atoms with van der Waals surface area (Å²) in [7, 11) is 0. The van der Waals surface area contributed by atoms with Gasteiger partial charge in [-0.1, -0.05) is 125 Å². The zero-order chi connectivity index (χ0) is 41.2. The van der Waals surface area contributed by atoms with Crippen molar-refractivity contribution in [1.82, 2.24) is 9.55 Å². The molecule has 5 heteroatoms. The maximum atomic E-state index is 6.71. The van der Waals surface area contributed by atoms with Crippen molar-refractivity contribution in [2.24, 2.45) is 0 Å². The van der Waals surface area contributed by atoms with E-state index in [9.17, 15) is 0 Å². The summed E-state index contributed by atoms with van der Waals surface area (Å²) in [5.41, 5.74) is 10.9. The van der Waals surface area contributed by atoms with E-state index in [1.807, 2.05) is 12.3 Å². The van der Waals surface area contributed by atoms with Gasteiger partial charge in [0.15, 0.2) is 0 Å². The summed E-state index contributed by atoms with van der Waals surface area (Å²) in [6.07, 6.45) is 6.29. The first kappa shape index (κ1) is 39.0. The Bertz CT molecular complexity index is 2630. The number of fused-ring (bicyclic) bond motifs is 3. The van der Waals surface area contributed by atoms with Crippen LogP contribution in [0.4, 0.5) is 11.4 Å². The third kappa shape index (κ3) is 7.51. The van der Waals surface area contributed by atoms with E-state index < -0.39 is 0 Å². The Morgan fingerprint density at radius 2 is 1.12 bits per heavy atom. The Balaban J connectivity index is 1.13. The molecule has 1 aliphatic heterocycles. The third-order valence-corrected chi connectivity index (χ3v) is 11.9. The summed E-state index contributed by atoms with van der Waals surface area (Å²) in [4.78, 5) is 9.61. The van der Waals surface area contributed by atoms with Gasteiger partial charge in [-0.15, -0.1) is 0 Å². The van der Waals surface area contributed by atoms with Crippen LogP contribution < -0.4 is 14.5 Å². The second kappa shape index (κ2) is 14.2. The first-order valence-corrected chi connectivity index (χ1v) is 20.6. The molecule has 0 atom stereocenters. The van der Waals surface area contributed by atoms with Gasteiger partial charge in [-0.05, 0) is 105 Å². The smallest absolute Gasteiger partial charge is 0.137 e. The summed E-state index contributed by atoms with van der Waals surface area (Å²) >= 11 is 0. The van der Waals surface area contributed by atoms with Gasteiger partial charge in [0.2, 0.25) is 0 Å². The number of rotatable bonds is 7. The van der Waals surface area contributed by atoms with Gasteiger partial charge >= 0.3 is 0 Å². The second-order valence-electron chi connectivity index (χ2n) is 19.6. The molecule has 5 nitrogen and oxygen atoms in total. The van der Waals surface area contributed by atoms with Crippen molar-refractivity contribution < 1.29 is 4.74 Å². The van der Waals surface area contributed by atoms with Crippen molar-refractivity contribution in [2.45, 2.75) is 97.8 Å². The molecule has 0 amide bonds. The number of pyridine rings is 1. The number of benzene rings is 5. The maximum Gasteiger partial charge on any atom is 0.137 e. The minimum absolute atomic E-state index is 0.0158. The highest BCUT2D eigenvalue weighted by Gasteiger charge is 2.26. The fourth-order valence-corrected chi connectivity index (χ4v) is 7.99. The quantitative estimate of drug-likeness (QED) is 0.162. The fourth-order valence-electron chi connectivity index (χ4n) is 7.99. The van der Waals surface area contributed by atoms with Crippen LogP contribution in [-0.4, -0.2) is 16.2 Å². The molecule has 58 heavy (non-hydrogen) atoms. The Labute approximate surface area is 345 Å². The summed E-state index contributed by atoms with van der Waals surface area (Å²) in [5.74, 6) is 2.45. The van der Waals surface area contributed by atoms with Crippen LogP contribution in [0.15, 0.2) is 140 Å². The van der Waals surface area contributed by atoms with Crippen LogP contribution in [0.5, 0.6) is 11.5 Å². The highest BCUT2D eigenvalue weighted by atomic mass is 16.5. The molecule has 8 rings (SSSR count). The van der Waals surface area contributed by atoms with E-state index in [1.165, 1.54) is 44.3 Å². The predicted octanol–water partition coefficient (Wildman–Crippen LogP) is 13.9. The molecule has 0 spiro atoms. The lowest BCUT2D eigenvalue weighted by molar-refractivity contribution is 0.483. The van der Waals surface area contributed by atoms with Crippen LogP contribution in [0, 0.1) is 0 Å². The summed E-state index contributed by atoms with van der Waals surface area (Å²) in [6, 6.07) is 43.9.